The number of hydrogen-bond donors (Lipinski definition) is 0. The Balaban J connectivity index is -0.00000154. The van der Waals surface area contributed by atoms with Gasteiger partial charge in [-0.05, 0) is 12.8 Å². The van der Waals surface area contributed by atoms with Crippen molar-refractivity contribution < 1.29 is 51.8 Å². The van der Waals surface area contributed by atoms with Gasteiger partial charge in [-0.3, -0.25) is 8.42 Å². The minimum Gasteiger partial charge on any atom is -0.759 e. The predicted molar refractivity (Wildman–Crippen MR) is 143 cm³/mol. The third-order valence-electron chi connectivity index (χ3n) is 6.28. The SMILES string of the molecule is CCCCCCCCCCCCCCOCCCCCCCCCCCCCC.O=S(=O)([O-])[O-].[Na+]. The Labute approximate surface area is 242 Å². The van der Waals surface area contributed by atoms with Crippen molar-refractivity contribution in [2.75, 3.05) is 13.2 Å². The van der Waals surface area contributed by atoms with Crippen LogP contribution in [0, 0.1) is 0 Å². The zero-order valence-corrected chi connectivity index (χ0v) is 26.7. The van der Waals surface area contributed by atoms with Gasteiger partial charge in [0.15, 0.2) is 0 Å². The summed E-state index contributed by atoms with van der Waals surface area (Å²) < 4.78 is 39.9. The van der Waals surface area contributed by atoms with Gasteiger partial charge in [-0.15, -0.1) is 0 Å². The molecule has 0 aliphatic rings. The van der Waals surface area contributed by atoms with Crippen molar-refractivity contribution in [2.24, 2.45) is 0 Å². The largest absolute Gasteiger partial charge is 1.00 e. The van der Waals surface area contributed by atoms with Crippen molar-refractivity contribution in [3.05, 3.63) is 0 Å². The van der Waals surface area contributed by atoms with E-state index in [1.54, 1.807) is 0 Å². The molecule has 0 fully saturated rings. The first-order valence-electron chi connectivity index (χ1n) is 14.7. The summed E-state index contributed by atoms with van der Waals surface area (Å²) in [6.07, 6.45) is 34.1. The molecule has 0 aromatic carbocycles. The van der Waals surface area contributed by atoms with E-state index < -0.39 is 10.4 Å². The molecule has 0 aliphatic carbocycles. The molecule has 0 rings (SSSR count). The first-order valence-corrected chi connectivity index (χ1v) is 16.0. The van der Waals surface area contributed by atoms with E-state index in [0.29, 0.717) is 0 Å². The van der Waals surface area contributed by atoms with Gasteiger partial charge in [0.05, 0.1) is 0 Å². The van der Waals surface area contributed by atoms with Gasteiger partial charge in [0.2, 0.25) is 0 Å². The van der Waals surface area contributed by atoms with Crippen LogP contribution < -0.4 is 29.6 Å². The van der Waals surface area contributed by atoms with Crippen LogP contribution in [0.5, 0.6) is 0 Å². The maximum absolute atomic E-state index is 8.52. The summed E-state index contributed by atoms with van der Waals surface area (Å²) in [4.78, 5) is 0. The summed E-state index contributed by atoms with van der Waals surface area (Å²) in [6, 6.07) is 0. The summed E-state index contributed by atoms with van der Waals surface area (Å²) in [7, 11) is -5.17. The Morgan fingerprint density at radius 3 is 0.800 bits per heavy atom. The summed E-state index contributed by atoms with van der Waals surface area (Å²) in [6.45, 7) is 6.58. The third-order valence-corrected chi connectivity index (χ3v) is 6.28. The molecule has 0 aliphatic heterocycles. The van der Waals surface area contributed by atoms with Crippen LogP contribution in [-0.2, 0) is 15.1 Å². The van der Waals surface area contributed by atoms with Gasteiger partial charge in [-0.25, -0.2) is 0 Å². The Bertz CT molecular complexity index is 426. The Morgan fingerprint density at radius 1 is 0.429 bits per heavy atom. The van der Waals surface area contributed by atoms with Crippen LogP contribution in [0.3, 0.4) is 0 Å². The third kappa shape index (κ3) is 52.1. The molecule has 0 heterocycles. The topological polar surface area (TPSA) is 89.5 Å². The van der Waals surface area contributed by atoms with Crippen LogP contribution in [0.1, 0.15) is 168 Å². The molecule has 0 aromatic rings. The van der Waals surface area contributed by atoms with Crippen molar-refractivity contribution in [2.45, 2.75) is 168 Å². The second kappa shape index (κ2) is 34.8. The summed E-state index contributed by atoms with van der Waals surface area (Å²) in [5, 5.41) is 0. The molecule has 0 N–H and O–H groups in total. The first-order chi connectivity index (χ1) is 16.4. The molecule has 208 valence electrons. The zero-order valence-electron chi connectivity index (χ0n) is 23.8. The van der Waals surface area contributed by atoms with Crippen molar-refractivity contribution in [1.29, 1.82) is 0 Å². The van der Waals surface area contributed by atoms with E-state index in [4.69, 9.17) is 22.3 Å². The van der Waals surface area contributed by atoms with E-state index in [1.165, 1.54) is 154 Å². The molecule has 0 saturated carbocycles. The molecule has 0 bridgehead atoms. The van der Waals surface area contributed by atoms with E-state index in [2.05, 4.69) is 13.8 Å². The number of hydrogen-bond acceptors (Lipinski definition) is 5. The Morgan fingerprint density at radius 2 is 0.600 bits per heavy atom. The van der Waals surface area contributed by atoms with Crippen molar-refractivity contribution in [1.82, 2.24) is 0 Å². The van der Waals surface area contributed by atoms with Crippen LogP contribution in [0.25, 0.3) is 0 Å². The van der Waals surface area contributed by atoms with E-state index in [0.717, 1.165) is 13.2 Å². The summed E-state index contributed by atoms with van der Waals surface area (Å²) in [5.74, 6) is 0. The molecular formula is C28H58NaO5S-. The molecule has 0 aromatic heterocycles. The van der Waals surface area contributed by atoms with Crippen molar-refractivity contribution in [3.63, 3.8) is 0 Å². The number of ether oxygens (including phenoxy) is 1. The minimum atomic E-state index is -5.17. The van der Waals surface area contributed by atoms with Crippen LogP contribution in [0.2, 0.25) is 0 Å². The molecule has 0 unspecified atom stereocenters. The molecule has 0 spiro atoms. The fourth-order valence-corrected chi connectivity index (χ4v) is 4.19. The minimum absolute atomic E-state index is 0. The van der Waals surface area contributed by atoms with Gasteiger partial charge < -0.3 is 13.8 Å². The van der Waals surface area contributed by atoms with E-state index in [-0.39, 0.29) is 29.6 Å². The van der Waals surface area contributed by atoms with Gasteiger partial charge in [-0.2, -0.15) is 0 Å². The molecule has 0 atom stereocenters. The normalized spacial score (nSPS) is 11.1. The molecule has 0 saturated heterocycles. The average molecular weight is 530 g/mol. The van der Waals surface area contributed by atoms with Crippen LogP contribution >= 0.6 is 0 Å². The van der Waals surface area contributed by atoms with E-state index in [1.807, 2.05) is 0 Å². The molecule has 7 heteroatoms. The Hall–Kier alpha value is 0.830. The van der Waals surface area contributed by atoms with E-state index >= 15 is 0 Å². The second-order valence-electron chi connectivity index (χ2n) is 9.80. The zero-order chi connectivity index (χ0) is 25.6. The Kier molecular flexibility index (Phi) is 40.1. The van der Waals surface area contributed by atoms with Crippen LogP contribution in [0.15, 0.2) is 0 Å². The summed E-state index contributed by atoms with van der Waals surface area (Å²) in [5.41, 5.74) is 0. The van der Waals surface area contributed by atoms with Gasteiger partial charge in [-0.1, -0.05) is 155 Å². The quantitative estimate of drug-likeness (QED) is 0.0587. The smallest absolute Gasteiger partial charge is 0.759 e. The first kappa shape index (κ1) is 40.3. The number of unbranched alkanes of at least 4 members (excludes halogenated alkanes) is 22. The molecular weight excluding hydrogens is 471 g/mol. The fourth-order valence-electron chi connectivity index (χ4n) is 4.19. The van der Waals surface area contributed by atoms with Gasteiger partial charge in [0, 0.05) is 23.6 Å². The molecule has 0 radical (unpaired) electrons. The second-order valence-corrected chi connectivity index (χ2v) is 10.6. The van der Waals surface area contributed by atoms with Crippen LogP contribution in [0.4, 0.5) is 0 Å². The molecule has 5 nitrogen and oxygen atoms in total. The monoisotopic (exact) mass is 529 g/mol. The molecule has 35 heavy (non-hydrogen) atoms. The maximum atomic E-state index is 8.52. The predicted octanol–water partition coefficient (Wildman–Crippen LogP) is 6.07. The van der Waals surface area contributed by atoms with E-state index in [9.17, 15) is 0 Å². The van der Waals surface area contributed by atoms with Gasteiger partial charge >= 0.3 is 29.6 Å². The number of rotatable bonds is 26. The molecule has 0 amide bonds. The van der Waals surface area contributed by atoms with Crippen molar-refractivity contribution in [3.8, 4) is 0 Å². The van der Waals surface area contributed by atoms with Gasteiger partial charge in [0.1, 0.15) is 0 Å². The summed E-state index contributed by atoms with van der Waals surface area (Å²) >= 11 is 0. The van der Waals surface area contributed by atoms with Gasteiger partial charge in [0.25, 0.3) is 0 Å². The van der Waals surface area contributed by atoms with Crippen molar-refractivity contribution >= 4 is 10.4 Å². The van der Waals surface area contributed by atoms with Crippen LogP contribution in [-0.4, -0.2) is 30.7 Å². The fraction of sp³-hybridized carbons (Fsp3) is 1.00. The standard InChI is InChI=1S/C28H58O.Na.H2O4S/c1-3-5-7-9-11-13-15-17-19-21-23-25-27-29-28-26-24-22-20-18-16-14-12-10-8-6-4-2;;1-5(2,3)4/h3-28H2,1-2H3;;(H2,1,2,3,4)/q;+1;/p-2. The maximum Gasteiger partial charge on any atom is 1.00 e. The average Bonchev–Trinajstić information content (AvgIpc) is 2.78.